The fourth-order valence-corrected chi connectivity index (χ4v) is 2.38. The third-order valence-corrected chi connectivity index (χ3v) is 3.69. The van der Waals surface area contributed by atoms with Crippen LogP contribution < -0.4 is 5.32 Å². The average molecular weight is 419 g/mol. The van der Waals surface area contributed by atoms with Gasteiger partial charge in [0.15, 0.2) is 0 Å². The number of carbonyl (C=O) groups is 4. The Morgan fingerprint density at radius 1 is 1.10 bits per heavy atom. The van der Waals surface area contributed by atoms with Crippen molar-refractivity contribution in [2.75, 3.05) is 13.2 Å². The second-order valence-electron chi connectivity index (χ2n) is 5.74. The quantitative estimate of drug-likeness (QED) is 0.588. The van der Waals surface area contributed by atoms with E-state index in [-0.39, 0.29) is 13.2 Å². The van der Waals surface area contributed by atoms with Crippen LogP contribution in [0.15, 0.2) is 24.3 Å². The molecule has 29 heavy (non-hydrogen) atoms. The minimum absolute atomic E-state index is 0.0251. The Labute approximate surface area is 164 Å². The second-order valence-corrected chi connectivity index (χ2v) is 5.74. The van der Waals surface area contributed by atoms with E-state index in [0.717, 1.165) is 18.2 Å². The SMILES string of the molecule is CCOC(=O)C[C@H](C(=O)OCC)[C@@H](NC(=O)c1cccc(C(F)(F)F)c1)C(=O)O. The second kappa shape index (κ2) is 10.4. The topological polar surface area (TPSA) is 119 Å². The highest BCUT2D eigenvalue weighted by Gasteiger charge is 2.38. The van der Waals surface area contributed by atoms with Crippen LogP contribution in [-0.4, -0.2) is 48.2 Å². The van der Waals surface area contributed by atoms with E-state index in [4.69, 9.17) is 9.47 Å². The molecule has 160 valence electrons. The van der Waals surface area contributed by atoms with Gasteiger partial charge in [-0.25, -0.2) is 4.79 Å². The van der Waals surface area contributed by atoms with Gasteiger partial charge in [-0.2, -0.15) is 13.2 Å². The van der Waals surface area contributed by atoms with Gasteiger partial charge in [-0.05, 0) is 32.0 Å². The van der Waals surface area contributed by atoms with Gasteiger partial charge in [0, 0.05) is 5.56 Å². The molecule has 0 spiro atoms. The number of rotatable bonds is 9. The number of ether oxygens (including phenoxy) is 2. The third kappa shape index (κ3) is 7.09. The molecule has 0 aliphatic carbocycles. The van der Waals surface area contributed by atoms with Crippen molar-refractivity contribution < 1.29 is 46.9 Å². The van der Waals surface area contributed by atoms with E-state index in [1.54, 1.807) is 0 Å². The summed E-state index contributed by atoms with van der Waals surface area (Å²) < 4.78 is 47.9. The molecule has 0 aromatic heterocycles. The van der Waals surface area contributed by atoms with Crippen molar-refractivity contribution in [1.29, 1.82) is 0 Å². The largest absolute Gasteiger partial charge is 0.480 e. The van der Waals surface area contributed by atoms with Crippen molar-refractivity contribution in [3.8, 4) is 0 Å². The minimum atomic E-state index is -4.71. The Hall–Kier alpha value is -3.11. The average Bonchev–Trinajstić information content (AvgIpc) is 2.64. The van der Waals surface area contributed by atoms with Gasteiger partial charge in [0.2, 0.25) is 0 Å². The highest BCUT2D eigenvalue weighted by atomic mass is 19.4. The van der Waals surface area contributed by atoms with Gasteiger partial charge < -0.3 is 19.9 Å². The van der Waals surface area contributed by atoms with E-state index < -0.39 is 59.5 Å². The van der Waals surface area contributed by atoms with Crippen molar-refractivity contribution in [2.45, 2.75) is 32.5 Å². The predicted octanol–water partition coefficient (Wildman–Crippen LogP) is 2.02. The number of hydrogen-bond acceptors (Lipinski definition) is 6. The molecule has 0 heterocycles. The fourth-order valence-electron chi connectivity index (χ4n) is 2.38. The zero-order chi connectivity index (χ0) is 22.2. The van der Waals surface area contributed by atoms with E-state index in [1.165, 1.54) is 13.8 Å². The zero-order valence-electron chi connectivity index (χ0n) is 15.6. The summed E-state index contributed by atoms with van der Waals surface area (Å²) in [5.41, 5.74) is -1.57. The molecule has 1 rings (SSSR count). The molecule has 1 amide bonds. The van der Waals surface area contributed by atoms with Gasteiger partial charge in [0.05, 0.1) is 31.1 Å². The number of esters is 2. The molecular weight excluding hydrogens is 399 g/mol. The van der Waals surface area contributed by atoms with Crippen LogP contribution in [0.1, 0.15) is 36.2 Å². The maximum absolute atomic E-state index is 12.8. The van der Waals surface area contributed by atoms with Crippen LogP contribution in [0, 0.1) is 5.92 Å². The predicted molar refractivity (Wildman–Crippen MR) is 91.7 cm³/mol. The van der Waals surface area contributed by atoms with Gasteiger partial charge in [0.1, 0.15) is 6.04 Å². The van der Waals surface area contributed by atoms with Crippen molar-refractivity contribution in [3.63, 3.8) is 0 Å². The number of carboxylic acids is 1. The number of alkyl halides is 3. The molecule has 0 aliphatic rings. The standard InChI is InChI=1S/C18H20F3NO7/c1-3-28-13(23)9-12(17(27)29-4-2)14(16(25)26)22-15(24)10-6-5-7-11(8-10)18(19,20)21/h5-8,12,14H,3-4,9H2,1-2H3,(H,22,24)(H,25,26)/t12-,14+/m0/s1. The highest BCUT2D eigenvalue weighted by Crippen LogP contribution is 2.29. The van der Waals surface area contributed by atoms with E-state index in [0.29, 0.717) is 6.07 Å². The maximum atomic E-state index is 12.8. The Morgan fingerprint density at radius 3 is 2.24 bits per heavy atom. The summed E-state index contributed by atoms with van der Waals surface area (Å²) in [6.07, 6.45) is -5.41. The lowest BCUT2D eigenvalue weighted by molar-refractivity contribution is -0.159. The van der Waals surface area contributed by atoms with Crippen LogP contribution in [0.4, 0.5) is 13.2 Å². The molecule has 11 heteroatoms. The Morgan fingerprint density at radius 2 is 1.72 bits per heavy atom. The molecule has 0 aliphatic heterocycles. The molecule has 1 aromatic rings. The van der Waals surface area contributed by atoms with Gasteiger partial charge >= 0.3 is 24.1 Å². The molecule has 2 N–H and O–H groups in total. The lowest BCUT2D eigenvalue weighted by Gasteiger charge is -2.23. The molecular formula is C18H20F3NO7. The molecule has 0 radical (unpaired) electrons. The summed E-state index contributed by atoms with van der Waals surface area (Å²) >= 11 is 0. The minimum Gasteiger partial charge on any atom is -0.480 e. The number of carbonyl (C=O) groups excluding carboxylic acids is 3. The molecule has 8 nitrogen and oxygen atoms in total. The molecule has 0 bridgehead atoms. The number of benzene rings is 1. The summed E-state index contributed by atoms with van der Waals surface area (Å²) in [6, 6.07) is 1.39. The van der Waals surface area contributed by atoms with Gasteiger partial charge in [-0.3, -0.25) is 14.4 Å². The van der Waals surface area contributed by atoms with Crippen LogP contribution in [0.2, 0.25) is 0 Å². The molecule has 1 aromatic carbocycles. The maximum Gasteiger partial charge on any atom is 0.416 e. The number of nitrogens with one attached hydrogen (secondary N) is 1. The summed E-state index contributed by atoms with van der Waals surface area (Å²) in [7, 11) is 0. The monoisotopic (exact) mass is 419 g/mol. The number of hydrogen-bond donors (Lipinski definition) is 2. The zero-order valence-corrected chi connectivity index (χ0v) is 15.6. The summed E-state index contributed by atoms with van der Waals surface area (Å²) in [4.78, 5) is 47.8. The number of halogens is 3. The normalized spacial score (nSPS) is 13.1. The van der Waals surface area contributed by atoms with E-state index in [9.17, 15) is 37.5 Å². The first kappa shape index (κ1) is 23.9. The summed E-state index contributed by atoms with van der Waals surface area (Å²) in [5, 5.41) is 11.4. The molecule has 0 saturated heterocycles. The number of amides is 1. The van der Waals surface area contributed by atoms with Crippen LogP contribution >= 0.6 is 0 Å². The van der Waals surface area contributed by atoms with Crippen LogP contribution in [0.5, 0.6) is 0 Å². The van der Waals surface area contributed by atoms with Gasteiger partial charge in [-0.1, -0.05) is 6.07 Å². The molecule has 0 unspecified atom stereocenters. The smallest absolute Gasteiger partial charge is 0.416 e. The van der Waals surface area contributed by atoms with Crippen molar-refractivity contribution in [2.24, 2.45) is 5.92 Å². The number of aliphatic carboxylic acids is 1. The van der Waals surface area contributed by atoms with Crippen molar-refractivity contribution in [3.05, 3.63) is 35.4 Å². The van der Waals surface area contributed by atoms with Crippen LogP contribution in [0.25, 0.3) is 0 Å². The van der Waals surface area contributed by atoms with Gasteiger partial charge in [-0.15, -0.1) is 0 Å². The summed E-state index contributed by atoms with van der Waals surface area (Å²) in [5.74, 6) is -6.45. The highest BCUT2D eigenvalue weighted by molar-refractivity contribution is 5.98. The van der Waals surface area contributed by atoms with Crippen molar-refractivity contribution >= 4 is 23.8 Å². The molecule has 2 atom stereocenters. The molecule has 0 fully saturated rings. The fraction of sp³-hybridized carbons (Fsp3) is 0.444. The first-order valence-electron chi connectivity index (χ1n) is 8.54. The molecule has 0 saturated carbocycles. The van der Waals surface area contributed by atoms with Crippen molar-refractivity contribution in [1.82, 2.24) is 5.32 Å². The first-order valence-corrected chi connectivity index (χ1v) is 8.54. The lowest BCUT2D eigenvalue weighted by atomic mass is 9.95. The van der Waals surface area contributed by atoms with E-state index in [1.807, 2.05) is 5.32 Å². The van der Waals surface area contributed by atoms with Crippen LogP contribution in [-0.2, 0) is 30.0 Å². The van der Waals surface area contributed by atoms with Gasteiger partial charge in [0.25, 0.3) is 5.91 Å². The summed E-state index contributed by atoms with van der Waals surface area (Å²) in [6.45, 7) is 2.81. The van der Waals surface area contributed by atoms with Crippen LogP contribution in [0.3, 0.4) is 0 Å². The third-order valence-electron chi connectivity index (χ3n) is 3.69. The Balaban J connectivity index is 3.15. The van der Waals surface area contributed by atoms with E-state index in [2.05, 4.69) is 0 Å². The first-order chi connectivity index (χ1) is 13.5. The number of carboxylic acid groups (broad SMARTS) is 1. The lowest BCUT2D eigenvalue weighted by Crippen LogP contribution is -2.49. The Bertz CT molecular complexity index is 764. The van der Waals surface area contributed by atoms with E-state index >= 15 is 0 Å². The Kier molecular flexibility index (Phi) is 8.61.